The van der Waals surface area contributed by atoms with Crippen molar-refractivity contribution in [1.29, 1.82) is 0 Å². The fourth-order valence-corrected chi connectivity index (χ4v) is 6.81. The summed E-state index contributed by atoms with van der Waals surface area (Å²) in [7, 11) is 4.76. The molecule has 29 heavy (non-hydrogen) atoms. The van der Waals surface area contributed by atoms with Gasteiger partial charge in [0, 0.05) is 67.3 Å². The van der Waals surface area contributed by atoms with Crippen LogP contribution in [0.4, 0.5) is 0 Å². The smallest absolute Gasteiger partial charge is 0.377 e. The summed E-state index contributed by atoms with van der Waals surface area (Å²) in [5, 5.41) is 7.82. The largest absolute Gasteiger partial charge is 0.500 e. The molecule has 0 spiro atoms. The summed E-state index contributed by atoms with van der Waals surface area (Å²) in [4.78, 5) is 3.99. The van der Waals surface area contributed by atoms with Gasteiger partial charge in [0.05, 0.1) is 0 Å². The van der Waals surface area contributed by atoms with Crippen LogP contribution in [0.5, 0.6) is 0 Å². The Kier molecular flexibility index (Phi) is 13.0. The molecular weight excluding hydrogens is 412 g/mol. The van der Waals surface area contributed by atoms with Gasteiger partial charge in [0.25, 0.3) is 0 Å². The maximum absolute atomic E-state index is 5.56. The third kappa shape index (κ3) is 8.90. The van der Waals surface area contributed by atoms with Crippen LogP contribution in [0.15, 0.2) is 12.7 Å². The SMILES string of the molecule is CO[Si](CCCNC(CCCn1cncn1)CC[Si](OC)(OC)OC)(OC)OC. The summed E-state index contributed by atoms with van der Waals surface area (Å²) in [5.74, 6) is 0. The van der Waals surface area contributed by atoms with Crippen molar-refractivity contribution in [3.8, 4) is 0 Å². The highest BCUT2D eigenvalue weighted by Gasteiger charge is 2.38. The number of rotatable bonds is 18. The normalized spacial score (nSPS) is 13.7. The van der Waals surface area contributed by atoms with E-state index in [1.165, 1.54) is 0 Å². The lowest BCUT2D eigenvalue weighted by Gasteiger charge is -2.27. The van der Waals surface area contributed by atoms with Crippen LogP contribution in [-0.2, 0) is 33.1 Å². The van der Waals surface area contributed by atoms with E-state index in [1.807, 2.05) is 4.68 Å². The number of nitrogens with one attached hydrogen (secondary N) is 1. The van der Waals surface area contributed by atoms with Crippen molar-refractivity contribution < 1.29 is 26.6 Å². The van der Waals surface area contributed by atoms with Crippen molar-refractivity contribution in [2.75, 3.05) is 49.2 Å². The van der Waals surface area contributed by atoms with E-state index < -0.39 is 17.6 Å². The molecule has 1 heterocycles. The zero-order valence-corrected chi connectivity index (χ0v) is 20.7. The van der Waals surface area contributed by atoms with Crippen LogP contribution in [0.2, 0.25) is 12.1 Å². The maximum Gasteiger partial charge on any atom is 0.500 e. The van der Waals surface area contributed by atoms with Crippen LogP contribution in [-0.4, -0.2) is 87.6 Å². The van der Waals surface area contributed by atoms with Crippen molar-refractivity contribution >= 4 is 17.6 Å². The molecule has 0 aliphatic rings. The van der Waals surface area contributed by atoms with E-state index in [9.17, 15) is 0 Å². The van der Waals surface area contributed by atoms with Gasteiger partial charge in [-0.15, -0.1) is 0 Å². The van der Waals surface area contributed by atoms with Gasteiger partial charge in [-0.25, -0.2) is 4.98 Å². The van der Waals surface area contributed by atoms with Crippen LogP contribution in [0.25, 0.3) is 0 Å². The molecular formula is C17H38N4O6Si2. The Hall–Kier alpha value is -0.706. The molecule has 0 aliphatic heterocycles. The molecule has 0 fully saturated rings. The van der Waals surface area contributed by atoms with Crippen molar-refractivity contribution in [2.45, 2.75) is 50.4 Å². The van der Waals surface area contributed by atoms with Gasteiger partial charge in [-0.2, -0.15) is 5.10 Å². The Bertz CT molecular complexity index is 502. The average molecular weight is 451 g/mol. The Morgan fingerprint density at radius 1 is 0.828 bits per heavy atom. The predicted octanol–water partition coefficient (Wildman–Crippen LogP) is 1.55. The van der Waals surface area contributed by atoms with Gasteiger partial charge in [-0.3, -0.25) is 4.68 Å². The summed E-state index contributed by atoms with van der Waals surface area (Å²) >= 11 is 0. The van der Waals surface area contributed by atoms with Gasteiger partial charge in [0.1, 0.15) is 12.7 Å². The van der Waals surface area contributed by atoms with E-state index in [2.05, 4.69) is 15.4 Å². The third-order valence-corrected chi connectivity index (χ3v) is 10.8. The minimum atomic E-state index is -2.59. The fraction of sp³-hybridized carbons (Fsp3) is 0.882. The molecule has 10 nitrogen and oxygen atoms in total. The molecule has 1 aromatic heterocycles. The van der Waals surface area contributed by atoms with Crippen LogP contribution < -0.4 is 5.32 Å². The van der Waals surface area contributed by atoms with Gasteiger partial charge >= 0.3 is 17.6 Å². The highest BCUT2D eigenvalue weighted by Crippen LogP contribution is 2.19. The summed E-state index contributed by atoms with van der Waals surface area (Å²) in [6.45, 7) is 1.69. The standard InChI is InChI=1S/C17H38N4O6Si2/c1-22-28(23-2,24-3)13-8-11-19-17(9-7-12-21-16-18-15-20-21)10-14-29(25-4,26-5)27-6/h15-17,19H,7-14H2,1-6H3. The molecule has 12 heteroatoms. The summed E-state index contributed by atoms with van der Waals surface area (Å²) in [5.41, 5.74) is 0. The van der Waals surface area contributed by atoms with E-state index >= 15 is 0 Å². The van der Waals surface area contributed by atoms with Crippen LogP contribution in [0.3, 0.4) is 0 Å². The lowest BCUT2D eigenvalue weighted by molar-refractivity contribution is 0.121. The first kappa shape index (κ1) is 26.3. The van der Waals surface area contributed by atoms with E-state index in [1.54, 1.807) is 55.3 Å². The van der Waals surface area contributed by atoms with Crippen molar-refractivity contribution in [3.63, 3.8) is 0 Å². The minimum absolute atomic E-state index is 0.314. The molecule has 1 N–H and O–H groups in total. The highest BCUT2D eigenvalue weighted by molar-refractivity contribution is 6.60. The molecule has 0 radical (unpaired) electrons. The molecule has 1 unspecified atom stereocenters. The van der Waals surface area contributed by atoms with Crippen molar-refractivity contribution in [3.05, 3.63) is 12.7 Å². The van der Waals surface area contributed by atoms with E-state index in [0.717, 1.165) is 50.9 Å². The zero-order valence-electron chi connectivity index (χ0n) is 18.7. The maximum atomic E-state index is 5.56. The molecule has 1 rings (SSSR count). The fourth-order valence-electron chi connectivity index (χ4n) is 3.27. The molecule has 0 aliphatic carbocycles. The molecule has 0 amide bonds. The summed E-state index contributed by atoms with van der Waals surface area (Å²) in [6, 6.07) is 1.83. The van der Waals surface area contributed by atoms with E-state index in [4.69, 9.17) is 26.6 Å². The molecule has 1 atom stereocenters. The minimum Gasteiger partial charge on any atom is -0.377 e. The highest BCUT2D eigenvalue weighted by atomic mass is 28.4. The average Bonchev–Trinajstić information content (AvgIpc) is 3.28. The first-order valence-electron chi connectivity index (χ1n) is 9.89. The second-order valence-electron chi connectivity index (χ2n) is 6.68. The second-order valence-corrected chi connectivity index (χ2v) is 12.9. The van der Waals surface area contributed by atoms with Crippen LogP contribution in [0.1, 0.15) is 25.7 Å². The van der Waals surface area contributed by atoms with Gasteiger partial charge in [0.2, 0.25) is 0 Å². The number of aryl methyl sites for hydroxylation is 1. The van der Waals surface area contributed by atoms with Crippen LogP contribution in [0, 0.1) is 0 Å². The van der Waals surface area contributed by atoms with Crippen molar-refractivity contribution in [2.24, 2.45) is 0 Å². The predicted molar refractivity (Wildman–Crippen MR) is 113 cm³/mol. The Labute approximate surface area is 176 Å². The van der Waals surface area contributed by atoms with E-state index in [-0.39, 0.29) is 0 Å². The lowest BCUT2D eigenvalue weighted by atomic mass is 10.1. The molecule has 0 saturated heterocycles. The number of hydrogen-bond donors (Lipinski definition) is 1. The van der Waals surface area contributed by atoms with Crippen LogP contribution >= 0.6 is 0 Å². The molecule has 0 bridgehead atoms. The summed E-state index contributed by atoms with van der Waals surface area (Å²) < 4.78 is 35.0. The van der Waals surface area contributed by atoms with Gasteiger partial charge in [-0.05, 0) is 32.2 Å². The molecule has 0 saturated carbocycles. The van der Waals surface area contributed by atoms with Crippen molar-refractivity contribution in [1.82, 2.24) is 20.1 Å². The number of aromatic nitrogens is 3. The first-order valence-corrected chi connectivity index (χ1v) is 13.8. The Morgan fingerprint density at radius 3 is 1.93 bits per heavy atom. The first-order chi connectivity index (χ1) is 14.0. The monoisotopic (exact) mass is 450 g/mol. The molecule has 1 aromatic rings. The number of hydrogen-bond acceptors (Lipinski definition) is 9. The zero-order chi connectivity index (χ0) is 21.6. The Morgan fingerprint density at radius 2 is 1.41 bits per heavy atom. The van der Waals surface area contributed by atoms with Gasteiger partial charge in [-0.1, -0.05) is 0 Å². The quantitative estimate of drug-likeness (QED) is 0.264. The van der Waals surface area contributed by atoms with Gasteiger partial charge in [0.15, 0.2) is 0 Å². The van der Waals surface area contributed by atoms with Gasteiger partial charge < -0.3 is 31.9 Å². The number of nitrogens with zero attached hydrogens (tertiary/aromatic N) is 3. The Balaban J connectivity index is 2.54. The lowest BCUT2D eigenvalue weighted by Crippen LogP contribution is -2.45. The topological polar surface area (TPSA) is 98.1 Å². The second kappa shape index (κ2) is 14.3. The van der Waals surface area contributed by atoms with E-state index in [0.29, 0.717) is 6.04 Å². The third-order valence-electron chi connectivity index (χ3n) is 5.16. The molecule has 170 valence electrons. The molecule has 0 aromatic carbocycles. The summed E-state index contributed by atoms with van der Waals surface area (Å²) in [6.07, 6.45) is 7.11.